The summed E-state index contributed by atoms with van der Waals surface area (Å²) in [4.78, 5) is 12.1. The van der Waals surface area contributed by atoms with Crippen molar-refractivity contribution in [3.63, 3.8) is 0 Å². The van der Waals surface area contributed by atoms with E-state index in [0.717, 1.165) is 5.56 Å². The summed E-state index contributed by atoms with van der Waals surface area (Å²) >= 11 is 0. The summed E-state index contributed by atoms with van der Waals surface area (Å²) in [6, 6.07) is 5.73. The van der Waals surface area contributed by atoms with E-state index >= 15 is 0 Å². The van der Waals surface area contributed by atoms with E-state index in [9.17, 15) is 4.79 Å². The standard InChI is InChI=1S/C16H26N2O/c1-10-7-8-13(11(2)9-10)12(3)18-15(19)14(17)16(4,5)6/h7-9,12,14H,17H2,1-6H3,(H,18,19). The van der Waals surface area contributed by atoms with E-state index in [2.05, 4.69) is 37.4 Å². The highest BCUT2D eigenvalue weighted by Crippen LogP contribution is 2.21. The van der Waals surface area contributed by atoms with Gasteiger partial charge in [0.25, 0.3) is 0 Å². The molecule has 0 heterocycles. The van der Waals surface area contributed by atoms with Gasteiger partial charge < -0.3 is 11.1 Å². The molecule has 0 saturated heterocycles. The summed E-state index contributed by atoms with van der Waals surface area (Å²) in [5.41, 5.74) is 9.30. The number of benzene rings is 1. The van der Waals surface area contributed by atoms with Crippen LogP contribution in [-0.2, 0) is 4.79 Å². The minimum Gasteiger partial charge on any atom is -0.348 e. The number of rotatable bonds is 3. The first kappa shape index (κ1) is 15.7. The third kappa shape index (κ3) is 4.06. The van der Waals surface area contributed by atoms with Crippen molar-refractivity contribution in [1.82, 2.24) is 5.32 Å². The zero-order valence-electron chi connectivity index (χ0n) is 12.9. The second-order valence-electron chi connectivity index (χ2n) is 6.43. The van der Waals surface area contributed by atoms with Crippen molar-refractivity contribution in [3.05, 3.63) is 34.9 Å². The Morgan fingerprint density at radius 3 is 2.32 bits per heavy atom. The van der Waals surface area contributed by atoms with E-state index in [1.807, 2.05) is 27.7 Å². The van der Waals surface area contributed by atoms with Crippen LogP contribution in [0.15, 0.2) is 18.2 Å². The Balaban J connectivity index is 2.80. The molecule has 3 heteroatoms. The van der Waals surface area contributed by atoms with Crippen LogP contribution in [-0.4, -0.2) is 11.9 Å². The highest BCUT2D eigenvalue weighted by molar-refractivity contribution is 5.82. The van der Waals surface area contributed by atoms with Crippen LogP contribution in [0.3, 0.4) is 0 Å². The van der Waals surface area contributed by atoms with Gasteiger partial charge in [-0.25, -0.2) is 0 Å². The smallest absolute Gasteiger partial charge is 0.237 e. The van der Waals surface area contributed by atoms with E-state index in [-0.39, 0.29) is 17.4 Å². The molecule has 0 aliphatic heterocycles. The first-order valence-electron chi connectivity index (χ1n) is 6.76. The molecule has 0 radical (unpaired) electrons. The second-order valence-corrected chi connectivity index (χ2v) is 6.43. The molecule has 0 spiro atoms. The Labute approximate surface area is 116 Å². The van der Waals surface area contributed by atoms with Gasteiger partial charge in [0, 0.05) is 0 Å². The lowest BCUT2D eigenvalue weighted by atomic mass is 9.86. The number of nitrogens with two attached hydrogens (primary N) is 1. The number of carbonyl (C=O) groups excluding carboxylic acids is 1. The van der Waals surface area contributed by atoms with Crippen molar-refractivity contribution in [2.24, 2.45) is 11.1 Å². The molecule has 106 valence electrons. The third-order valence-electron chi connectivity index (χ3n) is 3.47. The molecule has 0 aliphatic rings. The van der Waals surface area contributed by atoms with Gasteiger partial charge in [-0.1, -0.05) is 44.5 Å². The van der Waals surface area contributed by atoms with Gasteiger partial charge in [-0.2, -0.15) is 0 Å². The van der Waals surface area contributed by atoms with Crippen LogP contribution < -0.4 is 11.1 Å². The number of aryl methyl sites for hydroxylation is 2. The van der Waals surface area contributed by atoms with Crippen LogP contribution in [0.2, 0.25) is 0 Å². The molecule has 1 aromatic rings. The van der Waals surface area contributed by atoms with E-state index < -0.39 is 6.04 Å². The molecular weight excluding hydrogens is 236 g/mol. The fourth-order valence-electron chi connectivity index (χ4n) is 2.09. The zero-order valence-corrected chi connectivity index (χ0v) is 12.9. The van der Waals surface area contributed by atoms with Crippen molar-refractivity contribution in [1.29, 1.82) is 0 Å². The largest absolute Gasteiger partial charge is 0.348 e. The monoisotopic (exact) mass is 262 g/mol. The normalized spacial score (nSPS) is 14.9. The van der Waals surface area contributed by atoms with E-state index in [1.54, 1.807) is 0 Å². The van der Waals surface area contributed by atoms with Crippen molar-refractivity contribution < 1.29 is 4.79 Å². The highest BCUT2D eigenvalue weighted by atomic mass is 16.2. The van der Waals surface area contributed by atoms with Crippen LogP contribution in [0.1, 0.15) is 50.4 Å². The number of carbonyl (C=O) groups is 1. The van der Waals surface area contributed by atoms with Gasteiger partial charge in [0.15, 0.2) is 0 Å². The molecular formula is C16H26N2O. The molecule has 2 atom stereocenters. The molecule has 2 unspecified atom stereocenters. The van der Waals surface area contributed by atoms with Gasteiger partial charge in [-0.15, -0.1) is 0 Å². The van der Waals surface area contributed by atoms with Crippen LogP contribution in [0.4, 0.5) is 0 Å². The number of hydrogen-bond acceptors (Lipinski definition) is 2. The summed E-state index contributed by atoms with van der Waals surface area (Å²) in [6.45, 7) is 12.0. The Bertz CT molecular complexity index is 460. The molecule has 19 heavy (non-hydrogen) atoms. The first-order chi connectivity index (χ1) is 8.62. The maximum absolute atomic E-state index is 12.1. The predicted molar refractivity (Wildman–Crippen MR) is 79.9 cm³/mol. The Morgan fingerprint density at radius 2 is 1.84 bits per heavy atom. The van der Waals surface area contributed by atoms with Crippen LogP contribution >= 0.6 is 0 Å². The molecule has 0 bridgehead atoms. The van der Waals surface area contributed by atoms with Gasteiger partial charge in [-0.05, 0) is 37.3 Å². The fraction of sp³-hybridized carbons (Fsp3) is 0.562. The van der Waals surface area contributed by atoms with Crippen molar-refractivity contribution in [2.45, 2.75) is 53.6 Å². The molecule has 3 nitrogen and oxygen atoms in total. The van der Waals surface area contributed by atoms with Gasteiger partial charge in [0.05, 0.1) is 12.1 Å². The van der Waals surface area contributed by atoms with E-state index in [1.165, 1.54) is 11.1 Å². The molecule has 0 aromatic heterocycles. The molecule has 0 fully saturated rings. The minimum atomic E-state index is -0.499. The Kier molecular flexibility index (Phi) is 4.75. The number of amides is 1. The zero-order chi connectivity index (χ0) is 14.8. The lowest BCUT2D eigenvalue weighted by Gasteiger charge is -2.28. The van der Waals surface area contributed by atoms with E-state index in [0.29, 0.717) is 0 Å². The van der Waals surface area contributed by atoms with Crippen LogP contribution in [0.25, 0.3) is 0 Å². The Morgan fingerprint density at radius 1 is 1.26 bits per heavy atom. The quantitative estimate of drug-likeness (QED) is 0.880. The van der Waals surface area contributed by atoms with Gasteiger partial charge >= 0.3 is 0 Å². The van der Waals surface area contributed by atoms with Crippen molar-refractivity contribution in [3.8, 4) is 0 Å². The average molecular weight is 262 g/mol. The highest BCUT2D eigenvalue weighted by Gasteiger charge is 2.28. The van der Waals surface area contributed by atoms with Gasteiger partial charge in [-0.3, -0.25) is 4.79 Å². The number of hydrogen-bond donors (Lipinski definition) is 2. The topological polar surface area (TPSA) is 55.1 Å². The number of nitrogens with one attached hydrogen (secondary N) is 1. The van der Waals surface area contributed by atoms with Crippen molar-refractivity contribution in [2.75, 3.05) is 0 Å². The molecule has 1 rings (SSSR count). The summed E-state index contributed by atoms with van der Waals surface area (Å²) in [5, 5.41) is 3.00. The molecule has 0 aliphatic carbocycles. The lowest BCUT2D eigenvalue weighted by Crippen LogP contribution is -2.49. The van der Waals surface area contributed by atoms with Crippen LogP contribution in [0.5, 0.6) is 0 Å². The molecule has 1 aromatic carbocycles. The van der Waals surface area contributed by atoms with E-state index in [4.69, 9.17) is 5.73 Å². The van der Waals surface area contributed by atoms with Gasteiger partial charge in [0.1, 0.15) is 0 Å². The maximum atomic E-state index is 12.1. The minimum absolute atomic E-state index is 0.0264. The predicted octanol–water partition coefficient (Wildman–Crippen LogP) is 2.85. The SMILES string of the molecule is Cc1ccc(C(C)NC(=O)C(N)C(C)(C)C)c(C)c1. The summed E-state index contributed by atoms with van der Waals surface area (Å²) in [7, 11) is 0. The molecule has 0 saturated carbocycles. The lowest BCUT2D eigenvalue weighted by molar-refractivity contribution is -0.125. The van der Waals surface area contributed by atoms with Crippen LogP contribution in [0, 0.1) is 19.3 Å². The van der Waals surface area contributed by atoms with Gasteiger partial charge in [0.2, 0.25) is 5.91 Å². The molecule has 3 N–H and O–H groups in total. The fourth-order valence-corrected chi connectivity index (χ4v) is 2.09. The summed E-state index contributed by atoms with van der Waals surface area (Å²) in [6.07, 6.45) is 0. The second kappa shape index (κ2) is 5.74. The molecule has 1 amide bonds. The first-order valence-corrected chi connectivity index (χ1v) is 6.76. The van der Waals surface area contributed by atoms with Crippen molar-refractivity contribution >= 4 is 5.91 Å². The Hall–Kier alpha value is -1.35. The summed E-state index contributed by atoms with van der Waals surface area (Å²) < 4.78 is 0. The third-order valence-corrected chi connectivity index (χ3v) is 3.47. The maximum Gasteiger partial charge on any atom is 0.237 e. The summed E-state index contributed by atoms with van der Waals surface area (Å²) in [5.74, 6) is -0.0972. The average Bonchev–Trinajstić information content (AvgIpc) is 2.26.